The summed E-state index contributed by atoms with van der Waals surface area (Å²) in [4.78, 5) is 22.1. The molecule has 5 nitrogen and oxygen atoms in total. The first kappa shape index (κ1) is 15.1. The number of rotatable bonds is 5. The second kappa shape index (κ2) is 6.41. The molecule has 2 aromatic heterocycles. The van der Waals surface area contributed by atoms with Crippen molar-refractivity contribution in [1.29, 1.82) is 0 Å². The van der Waals surface area contributed by atoms with E-state index in [1.54, 1.807) is 31.3 Å². The van der Waals surface area contributed by atoms with Crippen LogP contribution in [0.3, 0.4) is 0 Å². The number of fused-ring (bicyclic) bond motifs is 1. The summed E-state index contributed by atoms with van der Waals surface area (Å²) in [6, 6.07) is 1.77. The number of imidazole rings is 1. The standard InChI is InChI=1S/C13H16Cl2N4O/c1-18(2)12(20)4-6-19-11(3-5-14)17-10-7-9(15)8-16-13(10)19/h7-8H,3-6H2,1-2H3. The Morgan fingerprint density at radius 1 is 1.45 bits per heavy atom. The molecule has 0 bridgehead atoms. The van der Waals surface area contributed by atoms with Gasteiger partial charge in [0.05, 0.1) is 5.02 Å². The van der Waals surface area contributed by atoms with Crippen molar-refractivity contribution in [1.82, 2.24) is 19.4 Å². The average Bonchev–Trinajstić information content (AvgIpc) is 2.72. The van der Waals surface area contributed by atoms with Gasteiger partial charge in [-0.15, -0.1) is 11.6 Å². The van der Waals surface area contributed by atoms with Crippen LogP contribution in [0.2, 0.25) is 5.02 Å². The number of nitrogens with zero attached hydrogens (tertiary/aromatic N) is 4. The highest BCUT2D eigenvalue weighted by Gasteiger charge is 2.13. The maximum absolute atomic E-state index is 11.7. The average molecular weight is 315 g/mol. The van der Waals surface area contributed by atoms with Gasteiger partial charge in [-0.25, -0.2) is 9.97 Å². The smallest absolute Gasteiger partial charge is 0.223 e. The lowest BCUT2D eigenvalue weighted by atomic mass is 10.3. The van der Waals surface area contributed by atoms with Crippen LogP contribution in [0, 0.1) is 0 Å². The molecule has 0 spiro atoms. The molecule has 0 N–H and O–H groups in total. The van der Waals surface area contributed by atoms with E-state index in [2.05, 4.69) is 9.97 Å². The van der Waals surface area contributed by atoms with Crippen molar-refractivity contribution in [2.45, 2.75) is 19.4 Å². The van der Waals surface area contributed by atoms with Crippen molar-refractivity contribution in [3.8, 4) is 0 Å². The molecule has 0 aromatic carbocycles. The van der Waals surface area contributed by atoms with E-state index < -0.39 is 0 Å². The summed E-state index contributed by atoms with van der Waals surface area (Å²) in [5, 5.41) is 0.545. The molecule has 1 amide bonds. The minimum absolute atomic E-state index is 0.0673. The molecule has 108 valence electrons. The van der Waals surface area contributed by atoms with Crippen LogP contribution in [-0.4, -0.2) is 45.3 Å². The Kier molecular flexibility index (Phi) is 4.83. The first-order chi connectivity index (χ1) is 9.52. The van der Waals surface area contributed by atoms with Crippen molar-refractivity contribution in [2.75, 3.05) is 20.0 Å². The Morgan fingerprint density at radius 3 is 2.85 bits per heavy atom. The number of hydrogen-bond acceptors (Lipinski definition) is 3. The fraction of sp³-hybridized carbons (Fsp3) is 0.462. The summed E-state index contributed by atoms with van der Waals surface area (Å²) in [5.74, 6) is 1.37. The van der Waals surface area contributed by atoms with E-state index in [0.717, 1.165) is 17.0 Å². The fourth-order valence-corrected chi connectivity index (χ4v) is 2.30. The number of aryl methyl sites for hydroxylation is 2. The molecular formula is C13H16Cl2N4O. The zero-order valence-corrected chi connectivity index (χ0v) is 12.9. The SMILES string of the molecule is CN(C)C(=O)CCn1c(CCCl)nc2cc(Cl)cnc21. The molecule has 2 rings (SSSR count). The topological polar surface area (TPSA) is 51.0 Å². The number of halogens is 2. The lowest BCUT2D eigenvalue weighted by molar-refractivity contribution is -0.128. The van der Waals surface area contributed by atoms with Crippen molar-refractivity contribution in [2.24, 2.45) is 0 Å². The molecule has 0 unspecified atom stereocenters. The molecule has 7 heteroatoms. The van der Waals surface area contributed by atoms with E-state index in [-0.39, 0.29) is 5.91 Å². The van der Waals surface area contributed by atoms with Gasteiger partial charge < -0.3 is 9.47 Å². The van der Waals surface area contributed by atoms with Crippen LogP contribution in [0.25, 0.3) is 11.2 Å². The van der Waals surface area contributed by atoms with E-state index in [9.17, 15) is 4.79 Å². The molecular weight excluding hydrogens is 299 g/mol. The Hall–Kier alpha value is -1.33. The minimum Gasteiger partial charge on any atom is -0.349 e. The largest absolute Gasteiger partial charge is 0.349 e. The molecule has 2 heterocycles. The number of hydrogen-bond donors (Lipinski definition) is 0. The Bertz CT molecular complexity index is 624. The van der Waals surface area contributed by atoms with Crippen LogP contribution in [0.4, 0.5) is 0 Å². The third kappa shape index (κ3) is 3.22. The highest BCUT2D eigenvalue weighted by atomic mass is 35.5. The molecule has 0 aliphatic rings. The summed E-state index contributed by atoms with van der Waals surface area (Å²) in [7, 11) is 3.48. The molecule has 0 atom stereocenters. The zero-order valence-electron chi connectivity index (χ0n) is 11.4. The summed E-state index contributed by atoms with van der Waals surface area (Å²) in [6.07, 6.45) is 2.62. The first-order valence-corrected chi connectivity index (χ1v) is 7.21. The quantitative estimate of drug-likeness (QED) is 0.796. The molecule has 2 aromatic rings. The van der Waals surface area contributed by atoms with Gasteiger partial charge in [-0.3, -0.25) is 4.79 Å². The van der Waals surface area contributed by atoms with Gasteiger partial charge in [0.2, 0.25) is 5.91 Å². The van der Waals surface area contributed by atoms with Gasteiger partial charge in [-0.1, -0.05) is 11.6 Å². The van der Waals surface area contributed by atoms with Crippen molar-refractivity contribution in [3.05, 3.63) is 23.1 Å². The van der Waals surface area contributed by atoms with Crippen molar-refractivity contribution >= 4 is 40.3 Å². The number of pyridine rings is 1. The first-order valence-electron chi connectivity index (χ1n) is 6.29. The fourth-order valence-electron chi connectivity index (χ4n) is 1.97. The summed E-state index contributed by atoms with van der Waals surface area (Å²) >= 11 is 11.7. The molecule has 0 radical (unpaired) electrons. The summed E-state index contributed by atoms with van der Waals surface area (Å²) < 4.78 is 1.94. The Balaban J connectivity index is 2.33. The Labute approximate surface area is 127 Å². The van der Waals surface area contributed by atoms with Crippen molar-refractivity contribution < 1.29 is 4.79 Å². The van der Waals surface area contributed by atoms with Gasteiger partial charge >= 0.3 is 0 Å². The molecule has 20 heavy (non-hydrogen) atoms. The number of amides is 1. The molecule has 0 saturated heterocycles. The van der Waals surface area contributed by atoms with Crippen LogP contribution >= 0.6 is 23.2 Å². The number of alkyl halides is 1. The number of carbonyl (C=O) groups is 1. The molecule has 0 saturated carbocycles. The zero-order chi connectivity index (χ0) is 14.7. The van der Waals surface area contributed by atoms with Crippen LogP contribution < -0.4 is 0 Å². The van der Waals surface area contributed by atoms with Crippen LogP contribution in [0.15, 0.2) is 12.3 Å². The van der Waals surface area contributed by atoms with Gasteiger partial charge in [-0.05, 0) is 6.07 Å². The lowest BCUT2D eigenvalue weighted by Crippen LogP contribution is -2.23. The predicted molar refractivity (Wildman–Crippen MR) is 80.3 cm³/mol. The van der Waals surface area contributed by atoms with E-state index >= 15 is 0 Å². The highest BCUT2D eigenvalue weighted by molar-refractivity contribution is 6.31. The monoisotopic (exact) mass is 314 g/mol. The van der Waals surface area contributed by atoms with Crippen LogP contribution in [-0.2, 0) is 17.8 Å². The van der Waals surface area contributed by atoms with Crippen molar-refractivity contribution in [3.63, 3.8) is 0 Å². The molecule has 0 fully saturated rings. The normalized spacial score (nSPS) is 11.0. The third-order valence-corrected chi connectivity index (χ3v) is 3.39. The predicted octanol–water partition coefficient (Wildman–Crippen LogP) is 2.34. The molecule has 0 aliphatic heterocycles. The summed E-state index contributed by atoms with van der Waals surface area (Å²) in [5.41, 5.74) is 1.47. The van der Waals surface area contributed by atoms with E-state index in [0.29, 0.717) is 30.3 Å². The second-order valence-corrected chi connectivity index (χ2v) is 5.47. The van der Waals surface area contributed by atoms with E-state index in [1.807, 2.05) is 4.57 Å². The third-order valence-electron chi connectivity index (χ3n) is 3.00. The van der Waals surface area contributed by atoms with Crippen LogP contribution in [0.5, 0.6) is 0 Å². The maximum Gasteiger partial charge on any atom is 0.223 e. The lowest BCUT2D eigenvalue weighted by Gasteiger charge is -2.12. The molecule has 0 aliphatic carbocycles. The number of aromatic nitrogens is 3. The van der Waals surface area contributed by atoms with E-state index in [4.69, 9.17) is 23.2 Å². The van der Waals surface area contributed by atoms with Crippen LogP contribution in [0.1, 0.15) is 12.2 Å². The number of carbonyl (C=O) groups excluding carboxylic acids is 1. The second-order valence-electron chi connectivity index (χ2n) is 4.65. The van der Waals surface area contributed by atoms with Gasteiger partial charge in [0.1, 0.15) is 11.3 Å². The van der Waals surface area contributed by atoms with Gasteiger partial charge in [-0.2, -0.15) is 0 Å². The van der Waals surface area contributed by atoms with E-state index in [1.165, 1.54) is 0 Å². The maximum atomic E-state index is 11.7. The highest BCUT2D eigenvalue weighted by Crippen LogP contribution is 2.19. The summed E-state index contributed by atoms with van der Waals surface area (Å²) in [6.45, 7) is 0.536. The minimum atomic E-state index is 0.0673. The van der Waals surface area contributed by atoms with Gasteiger partial charge in [0, 0.05) is 45.6 Å². The van der Waals surface area contributed by atoms with Gasteiger partial charge in [0.25, 0.3) is 0 Å². The van der Waals surface area contributed by atoms with Gasteiger partial charge in [0.15, 0.2) is 5.65 Å². The Morgan fingerprint density at radius 2 is 2.20 bits per heavy atom.